The predicted molar refractivity (Wildman–Crippen MR) is 99.5 cm³/mol. The van der Waals surface area contributed by atoms with Crippen LogP contribution in [0.5, 0.6) is 0 Å². The first-order chi connectivity index (χ1) is 12.3. The SMILES string of the molecule is Cc1cccc(Nc2cc(-c3cn[nH]c3-c3ccccn3)ccn2)c1. The van der Waals surface area contributed by atoms with Crippen molar-refractivity contribution in [3.8, 4) is 22.5 Å². The zero-order valence-corrected chi connectivity index (χ0v) is 13.8. The molecule has 0 aliphatic heterocycles. The molecule has 1 aromatic carbocycles. The van der Waals surface area contributed by atoms with E-state index in [-0.39, 0.29) is 0 Å². The molecule has 4 aromatic rings. The van der Waals surface area contributed by atoms with Crippen LogP contribution in [0.25, 0.3) is 22.5 Å². The molecular weight excluding hydrogens is 310 g/mol. The first-order valence-electron chi connectivity index (χ1n) is 8.04. The van der Waals surface area contributed by atoms with E-state index in [1.165, 1.54) is 5.56 Å². The van der Waals surface area contributed by atoms with Crippen LogP contribution in [0, 0.1) is 6.92 Å². The van der Waals surface area contributed by atoms with Crippen molar-refractivity contribution in [2.45, 2.75) is 6.92 Å². The molecule has 0 bridgehead atoms. The number of benzene rings is 1. The fourth-order valence-corrected chi connectivity index (χ4v) is 2.75. The minimum atomic E-state index is 0.788. The lowest BCUT2D eigenvalue weighted by atomic mass is 10.1. The summed E-state index contributed by atoms with van der Waals surface area (Å²) in [7, 11) is 0. The van der Waals surface area contributed by atoms with Gasteiger partial charge in [-0.25, -0.2) is 4.98 Å². The second-order valence-electron chi connectivity index (χ2n) is 5.80. The molecule has 5 nitrogen and oxygen atoms in total. The largest absolute Gasteiger partial charge is 0.340 e. The van der Waals surface area contributed by atoms with Crippen LogP contribution in [0.1, 0.15) is 5.56 Å². The van der Waals surface area contributed by atoms with E-state index in [2.05, 4.69) is 44.5 Å². The van der Waals surface area contributed by atoms with Crippen molar-refractivity contribution in [3.05, 3.63) is 78.8 Å². The summed E-state index contributed by atoms with van der Waals surface area (Å²) in [6.45, 7) is 2.07. The lowest BCUT2D eigenvalue weighted by molar-refractivity contribution is 1.09. The van der Waals surface area contributed by atoms with Crippen molar-refractivity contribution in [2.24, 2.45) is 0 Å². The van der Waals surface area contributed by atoms with E-state index in [1.54, 1.807) is 12.4 Å². The smallest absolute Gasteiger partial charge is 0.130 e. The maximum atomic E-state index is 4.42. The third-order valence-electron chi connectivity index (χ3n) is 3.92. The number of pyridine rings is 2. The Morgan fingerprint density at radius 2 is 1.88 bits per heavy atom. The van der Waals surface area contributed by atoms with Gasteiger partial charge < -0.3 is 5.32 Å². The molecule has 5 heteroatoms. The Bertz CT molecular complexity index is 992. The highest BCUT2D eigenvalue weighted by Gasteiger charge is 2.11. The third-order valence-corrected chi connectivity index (χ3v) is 3.92. The molecule has 0 aliphatic carbocycles. The number of aromatic nitrogens is 4. The molecule has 0 saturated heterocycles. The molecule has 0 amide bonds. The van der Waals surface area contributed by atoms with E-state index in [1.807, 2.05) is 48.7 Å². The summed E-state index contributed by atoms with van der Waals surface area (Å²) in [5.74, 6) is 0.788. The number of aromatic amines is 1. The molecule has 0 saturated carbocycles. The van der Waals surface area contributed by atoms with Gasteiger partial charge in [-0.2, -0.15) is 5.10 Å². The van der Waals surface area contributed by atoms with Crippen LogP contribution < -0.4 is 5.32 Å². The molecule has 0 unspecified atom stereocenters. The Balaban J connectivity index is 1.68. The summed E-state index contributed by atoms with van der Waals surface area (Å²) in [6, 6.07) is 18.0. The summed E-state index contributed by atoms with van der Waals surface area (Å²) in [4.78, 5) is 8.82. The van der Waals surface area contributed by atoms with Gasteiger partial charge in [-0.1, -0.05) is 18.2 Å². The van der Waals surface area contributed by atoms with Gasteiger partial charge in [0.2, 0.25) is 0 Å². The number of H-pyrrole nitrogens is 1. The number of hydrogen-bond acceptors (Lipinski definition) is 4. The van der Waals surface area contributed by atoms with Crippen molar-refractivity contribution >= 4 is 11.5 Å². The molecule has 0 fully saturated rings. The molecule has 0 radical (unpaired) electrons. The van der Waals surface area contributed by atoms with Gasteiger partial charge in [0.05, 0.1) is 17.6 Å². The first kappa shape index (κ1) is 15.1. The van der Waals surface area contributed by atoms with E-state index in [0.29, 0.717) is 0 Å². The first-order valence-corrected chi connectivity index (χ1v) is 8.04. The minimum Gasteiger partial charge on any atom is -0.340 e. The van der Waals surface area contributed by atoms with Crippen molar-refractivity contribution in [2.75, 3.05) is 5.32 Å². The molecule has 122 valence electrons. The average Bonchev–Trinajstić information content (AvgIpc) is 3.13. The standard InChI is InChI=1S/C20H17N5/c1-14-5-4-6-16(11-14)24-19-12-15(8-10-22-19)17-13-23-25-20(17)18-7-2-3-9-21-18/h2-13H,1H3,(H,22,24)(H,23,25). The van der Waals surface area contributed by atoms with Gasteiger partial charge in [-0.15, -0.1) is 0 Å². The van der Waals surface area contributed by atoms with Crippen molar-refractivity contribution in [1.82, 2.24) is 20.2 Å². The van der Waals surface area contributed by atoms with Gasteiger partial charge >= 0.3 is 0 Å². The third kappa shape index (κ3) is 3.26. The lowest BCUT2D eigenvalue weighted by Gasteiger charge is -2.08. The molecule has 2 N–H and O–H groups in total. The summed E-state index contributed by atoms with van der Waals surface area (Å²) in [5, 5.41) is 10.6. The topological polar surface area (TPSA) is 66.5 Å². The predicted octanol–water partition coefficient (Wildman–Crippen LogP) is 4.59. The Labute approximate surface area is 145 Å². The fraction of sp³-hybridized carbons (Fsp3) is 0.0500. The number of anilines is 2. The van der Waals surface area contributed by atoms with Crippen LogP contribution in [-0.2, 0) is 0 Å². The Kier molecular flexibility index (Phi) is 3.96. The van der Waals surface area contributed by atoms with Gasteiger partial charge in [-0.3, -0.25) is 10.1 Å². The van der Waals surface area contributed by atoms with Crippen molar-refractivity contribution in [3.63, 3.8) is 0 Å². The number of rotatable bonds is 4. The van der Waals surface area contributed by atoms with Crippen LogP contribution in [0.2, 0.25) is 0 Å². The van der Waals surface area contributed by atoms with Gasteiger partial charge in [0.25, 0.3) is 0 Å². The molecular formula is C20H17N5. The van der Waals surface area contributed by atoms with Crippen LogP contribution in [0.15, 0.2) is 73.2 Å². The second-order valence-corrected chi connectivity index (χ2v) is 5.80. The number of nitrogens with one attached hydrogen (secondary N) is 2. The lowest BCUT2D eigenvalue weighted by Crippen LogP contribution is -1.94. The summed E-state index contributed by atoms with van der Waals surface area (Å²) in [5.41, 5.74) is 6.00. The maximum Gasteiger partial charge on any atom is 0.130 e. The second kappa shape index (κ2) is 6.57. The Morgan fingerprint density at radius 3 is 2.72 bits per heavy atom. The molecule has 0 aliphatic rings. The quantitative estimate of drug-likeness (QED) is 0.575. The van der Waals surface area contributed by atoms with Crippen molar-refractivity contribution < 1.29 is 0 Å². The number of aryl methyl sites for hydroxylation is 1. The van der Waals surface area contributed by atoms with E-state index >= 15 is 0 Å². The van der Waals surface area contributed by atoms with E-state index in [4.69, 9.17) is 0 Å². The molecule has 3 aromatic heterocycles. The molecule has 0 spiro atoms. The van der Waals surface area contributed by atoms with Gasteiger partial charge in [0.15, 0.2) is 0 Å². The molecule has 3 heterocycles. The number of hydrogen-bond donors (Lipinski definition) is 2. The fourth-order valence-electron chi connectivity index (χ4n) is 2.75. The van der Waals surface area contributed by atoms with Gasteiger partial charge in [0, 0.05) is 23.6 Å². The van der Waals surface area contributed by atoms with E-state index in [9.17, 15) is 0 Å². The Morgan fingerprint density at radius 1 is 0.920 bits per heavy atom. The highest BCUT2D eigenvalue weighted by atomic mass is 15.1. The zero-order valence-electron chi connectivity index (χ0n) is 13.8. The normalized spacial score (nSPS) is 10.6. The van der Waals surface area contributed by atoms with Gasteiger partial charge in [0.1, 0.15) is 5.82 Å². The molecule has 4 rings (SSSR count). The van der Waals surface area contributed by atoms with Gasteiger partial charge in [-0.05, 0) is 54.4 Å². The van der Waals surface area contributed by atoms with Crippen LogP contribution >= 0.6 is 0 Å². The summed E-state index contributed by atoms with van der Waals surface area (Å²) >= 11 is 0. The zero-order chi connectivity index (χ0) is 17.1. The summed E-state index contributed by atoms with van der Waals surface area (Å²) < 4.78 is 0. The minimum absolute atomic E-state index is 0.788. The average molecular weight is 327 g/mol. The highest BCUT2D eigenvalue weighted by Crippen LogP contribution is 2.30. The van der Waals surface area contributed by atoms with E-state index in [0.717, 1.165) is 34.0 Å². The summed E-state index contributed by atoms with van der Waals surface area (Å²) in [6.07, 6.45) is 5.38. The van der Waals surface area contributed by atoms with Crippen LogP contribution in [-0.4, -0.2) is 20.2 Å². The van der Waals surface area contributed by atoms with E-state index < -0.39 is 0 Å². The molecule has 25 heavy (non-hydrogen) atoms. The molecule has 0 atom stereocenters. The monoisotopic (exact) mass is 327 g/mol. The Hall–Kier alpha value is -3.47. The number of nitrogens with zero attached hydrogens (tertiary/aromatic N) is 3. The van der Waals surface area contributed by atoms with Crippen LogP contribution in [0.4, 0.5) is 11.5 Å². The van der Waals surface area contributed by atoms with Crippen molar-refractivity contribution in [1.29, 1.82) is 0 Å². The highest BCUT2D eigenvalue weighted by molar-refractivity contribution is 5.80. The maximum absolute atomic E-state index is 4.42. The van der Waals surface area contributed by atoms with Crippen LogP contribution in [0.3, 0.4) is 0 Å².